The standard InChI is InChI=1S/C10H12N2O4S/c13-17(14)11-3-4-12(17)6-8-1-2-9-10(5-8)16-7-15-9/h1-2,5,11H,3-4,6-7H2. The topological polar surface area (TPSA) is 67.9 Å². The van der Waals surface area contributed by atoms with Gasteiger partial charge in [-0.1, -0.05) is 6.07 Å². The number of ether oxygens (including phenoxy) is 2. The Labute approximate surface area is 99.3 Å². The predicted octanol–water partition coefficient (Wildman–Crippen LogP) is 0.0653. The summed E-state index contributed by atoms with van der Waals surface area (Å²) in [5.41, 5.74) is 0.890. The van der Waals surface area contributed by atoms with Gasteiger partial charge < -0.3 is 9.47 Å². The van der Waals surface area contributed by atoms with Crippen molar-refractivity contribution in [2.24, 2.45) is 0 Å². The summed E-state index contributed by atoms with van der Waals surface area (Å²) in [7, 11) is -3.29. The first-order valence-electron chi connectivity index (χ1n) is 5.28. The van der Waals surface area contributed by atoms with Crippen molar-refractivity contribution in [3.8, 4) is 11.5 Å². The molecule has 0 atom stereocenters. The number of hydrogen-bond acceptors (Lipinski definition) is 4. The summed E-state index contributed by atoms with van der Waals surface area (Å²) in [4.78, 5) is 0. The van der Waals surface area contributed by atoms with Crippen LogP contribution in [-0.2, 0) is 16.8 Å². The number of fused-ring (bicyclic) bond motifs is 1. The highest BCUT2D eigenvalue weighted by Gasteiger charge is 2.27. The first kappa shape index (κ1) is 10.8. The van der Waals surface area contributed by atoms with Crippen molar-refractivity contribution in [1.82, 2.24) is 9.03 Å². The average molecular weight is 256 g/mol. The number of rotatable bonds is 2. The second-order valence-corrected chi connectivity index (χ2v) is 5.68. The molecule has 1 N–H and O–H groups in total. The van der Waals surface area contributed by atoms with Gasteiger partial charge in [-0.05, 0) is 17.7 Å². The van der Waals surface area contributed by atoms with E-state index in [-0.39, 0.29) is 6.79 Å². The van der Waals surface area contributed by atoms with Crippen molar-refractivity contribution in [2.45, 2.75) is 6.54 Å². The third-order valence-electron chi connectivity index (χ3n) is 2.78. The highest BCUT2D eigenvalue weighted by molar-refractivity contribution is 7.87. The molecule has 0 radical (unpaired) electrons. The zero-order valence-corrected chi connectivity index (χ0v) is 9.87. The Morgan fingerprint density at radius 1 is 1.29 bits per heavy atom. The Hall–Kier alpha value is -1.31. The lowest BCUT2D eigenvalue weighted by molar-refractivity contribution is 0.174. The molecule has 1 saturated heterocycles. The number of nitrogens with zero attached hydrogens (tertiary/aromatic N) is 1. The van der Waals surface area contributed by atoms with Crippen LogP contribution in [-0.4, -0.2) is 32.6 Å². The summed E-state index contributed by atoms with van der Waals surface area (Å²) in [5.74, 6) is 1.38. The van der Waals surface area contributed by atoms with Gasteiger partial charge in [-0.25, -0.2) is 4.72 Å². The van der Waals surface area contributed by atoms with Gasteiger partial charge in [0.25, 0.3) is 10.2 Å². The summed E-state index contributed by atoms with van der Waals surface area (Å²) in [5, 5.41) is 0. The summed E-state index contributed by atoms with van der Waals surface area (Å²) in [6.07, 6.45) is 0. The van der Waals surface area contributed by atoms with Gasteiger partial charge in [0.05, 0.1) is 0 Å². The summed E-state index contributed by atoms with van der Waals surface area (Å²) >= 11 is 0. The molecule has 2 aliphatic rings. The molecule has 7 heteroatoms. The second-order valence-electron chi connectivity index (χ2n) is 3.92. The fourth-order valence-electron chi connectivity index (χ4n) is 1.92. The lowest BCUT2D eigenvalue weighted by Gasteiger charge is -2.13. The van der Waals surface area contributed by atoms with Crippen LogP contribution in [0, 0.1) is 0 Å². The maximum Gasteiger partial charge on any atom is 0.279 e. The Kier molecular flexibility index (Phi) is 2.46. The quantitative estimate of drug-likeness (QED) is 0.813. The summed E-state index contributed by atoms with van der Waals surface area (Å²) in [6, 6.07) is 5.46. The second kappa shape index (κ2) is 3.86. The van der Waals surface area contributed by atoms with Crippen molar-refractivity contribution < 1.29 is 17.9 Å². The number of hydrogen-bond donors (Lipinski definition) is 1. The number of benzene rings is 1. The van der Waals surface area contributed by atoms with Gasteiger partial charge in [-0.2, -0.15) is 12.7 Å². The fourth-order valence-corrected chi connectivity index (χ4v) is 3.10. The molecule has 0 aromatic heterocycles. The van der Waals surface area contributed by atoms with Gasteiger partial charge in [0.2, 0.25) is 6.79 Å². The van der Waals surface area contributed by atoms with Gasteiger partial charge in [0, 0.05) is 19.6 Å². The SMILES string of the molecule is O=S1(=O)NCCN1Cc1ccc2c(c1)OCO2. The molecule has 2 aliphatic heterocycles. The van der Waals surface area contributed by atoms with E-state index in [1.165, 1.54) is 4.31 Å². The minimum atomic E-state index is -3.29. The molecule has 1 aromatic rings. The highest BCUT2D eigenvalue weighted by Crippen LogP contribution is 2.33. The smallest absolute Gasteiger partial charge is 0.279 e. The zero-order valence-electron chi connectivity index (χ0n) is 9.05. The van der Waals surface area contributed by atoms with E-state index < -0.39 is 10.2 Å². The Bertz CT molecular complexity index is 543. The first-order valence-corrected chi connectivity index (χ1v) is 6.72. The molecule has 0 aliphatic carbocycles. The minimum Gasteiger partial charge on any atom is -0.454 e. The van der Waals surface area contributed by atoms with Gasteiger partial charge >= 0.3 is 0 Å². The molecule has 1 aromatic carbocycles. The molecule has 6 nitrogen and oxygen atoms in total. The van der Waals surface area contributed by atoms with Gasteiger partial charge in [-0.15, -0.1) is 0 Å². The van der Waals surface area contributed by atoms with E-state index >= 15 is 0 Å². The molecule has 2 heterocycles. The lowest BCUT2D eigenvalue weighted by Crippen LogP contribution is -2.28. The van der Waals surface area contributed by atoms with E-state index in [0.717, 1.165) is 5.56 Å². The molecule has 0 spiro atoms. The van der Waals surface area contributed by atoms with E-state index in [2.05, 4.69) is 4.72 Å². The summed E-state index contributed by atoms with van der Waals surface area (Å²) in [6.45, 7) is 1.54. The molecule has 0 bridgehead atoms. The molecular weight excluding hydrogens is 244 g/mol. The van der Waals surface area contributed by atoms with E-state index in [9.17, 15) is 8.42 Å². The van der Waals surface area contributed by atoms with Crippen LogP contribution in [0.25, 0.3) is 0 Å². The molecule has 1 fully saturated rings. The lowest BCUT2D eigenvalue weighted by atomic mass is 10.2. The van der Waals surface area contributed by atoms with Crippen LogP contribution in [0.15, 0.2) is 18.2 Å². The first-order chi connectivity index (χ1) is 8.15. The predicted molar refractivity (Wildman–Crippen MR) is 59.9 cm³/mol. The average Bonchev–Trinajstić information content (AvgIpc) is 2.85. The van der Waals surface area contributed by atoms with Crippen molar-refractivity contribution in [3.05, 3.63) is 23.8 Å². The van der Waals surface area contributed by atoms with E-state index in [1.807, 2.05) is 12.1 Å². The van der Waals surface area contributed by atoms with E-state index in [4.69, 9.17) is 9.47 Å². The van der Waals surface area contributed by atoms with Crippen LogP contribution in [0.5, 0.6) is 11.5 Å². The van der Waals surface area contributed by atoms with Crippen molar-refractivity contribution in [1.29, 1.82) is 0 Å². The van der Waals surface area contributed by atoms with Crippen LogP contribution < -0.4 is 14.2 Å². The Morgan fingerprint density at radius 3 is 2.88 bits per heavy atom. The van der Waals surface area contributed by atoms with Gasteiger partial charge in [0.1, 0.15) is 0 Å². The Morgan fingerprint density at radius 2 is 2.12 bits per heavy atom. The molecular formula is C10H12N2O4S. The van der Waals surface area contributed by atoms with Crippen molar-refractivity contribution in [2.75, 3.05) is 19.9 Å². The third-order valence-corrected chi connectivity index (χ3v) is 4.34. The molecule has 0 amide bonds. The monoisotopic (exact) mass is 256 g/mol. The molecule has 3 rings (SSSR count). The van der Waals surface area contributed by atoms with Crippen LogP contribution in [0.2, 0.25) is 0 Å². The minimum absolute atomic E-state index is 0.225. The Balaban J connectivity index is 1.82. The van der Waals surface area contributed by atoms with Gasteiger partial charge in [-0.3, -0.25) is 0 Å². The van der Waals surface area contributed by atoms with E-state index in [0.29, 0.717) is 31.1 Å². The molecule has 0 unspecified atom stereocenters. The normalized spacial score (nSPS) is 21.9. The van der Waals surface area contributed by atoms with Crippen molar-refractivity contribution >= 4 is 10.2 Å². The van der Waals surface area contributed by atoms with Crippen LogP contribution in [0.1, 0.15) is 5.56 Å². The van der Waals surface area contributed by atoms with Gasteiger partial charge in [0.15, 0.2) is 11.5 Å². The molecule has 0 saturated carbocycles. The van der Waals surface area contributed by atoms with Crippen molar-refractivity contribution in [3.63, 3.8) is 0 Å². The van der Waals surface area contributed by atoms with E-state index in [1.54, 1.807) is 6.07 Å². The number of nitrogens with one attached hydrogen (secondary N) is 1. The van der Waals surface area contributed by atoms with Crippen LogP contribution in [0.3, 0.4) is 0 Å². The molecule has 17 heavy (non-hydrogen) atoms. The zero-order chi connectivity index (χ0) is 11.9. The maximum atomic E-state index is 11.6. The van der Waals surface area contributed by atoms with Crippen LogP contribution in [0.4, 0.5) is 0 Å². The fraction of sp³-hybridized carbons (Fsp3) is 0.400. The third kappa shape index (κ3) is 1.97. The van der Waals surface area contributed by atoms with Crippen LogP contribution >= 0.6 is 0 Å². The largest absolute Gasteiger partial charge is 0.454 e. The molecule has 92 valence electrons. The summed E-state index contributed by atoms with van der Waals surface area (Å²) < 4.78 is 37.4. The maximum absolute atomic E-state index is 11.6. The highest BCUT2D eigenvalue weighted by atomic mass is 32.2.